The fraction of sp³-hybridized carbons (Fsp3) is 0.481. The number of amides is 2. The van der Waals surface area contributed by atoms with Crippen molar-refractivity contribution in [2.24, 2.45) is 5.92 Å². The topological polar surface area (TPSA) is 79.9 Å². The van der Waals surface area contributed by atoms with Crippen LogP contribution in [0, 0.1) is 5.92 Å². The maximum absolute atomic E-state index is 13.0. The number of carbonyl (C=O) groups excluding carboxylic acids is 2. The fourth-order valence-corrected chi connectivity index (χ4v) is 5.42. The third-order valence-corrected chi connectivity index (χ3v) is 7.55. The molecule has 2 aromatic carbocycles. The molecule has 4 atom stereocenters. The third-order valence-electron chi connectivity index (χ3n) is 7.55. The molecule has 7 heteroatoms. The molecule has 2 fully saturated rings. The number of hydrogen-bond donors (Lipinski definition) is 2. The number of nitrogens with zero attached hydrogens (tertiary/aromatic N) is 1. The predicted octanol–water partition coefficient (Wildman–Crippen LogP) is 2.78. The highest BCUT2D eigenvalue weighted by Crippen LogP contribution is 2.30. The molecule has 2 bridgehead atoms. The quantitative estimate of drug-likeness (QED) is 0.689. The molecule has 2 amide bonds. The molecule has 3 heterocycles. The van der Waals surface area contributed by atoms with Crippen molar-refractivity contribution in [3.05, 3.63) is 64.7 Å². The summed E-state index contributed by atoms with van der Waals surface area (Å²) in [4.78, 5) is 27.7. The average Bonchev–Trinajstić information content (AvgIpc) is 3.13. The Bertz CT molecular complexity index is 1040. The number of benzene rings is 2. The Labute approximate surface area is 200 Å². The van der Waals surface area contributed by atoms with Crippen LogP contribution in [-0.2, 0) is 17.7 Å². The molecular formula is C27H33N3O4. The van der Waals surface area contributed by atoms with Crippen LogP contribution in [-0.4, -0.2) is 61.7 Å². The molecule has 0 radical (unpaired) electrons. The van der Waals surface area contributed by atoms with E-state index in [0.717, 1.165) is 31.6 Å². The molecule has 0 aliphatic carbocycles. The van der Waals surface area contributed by atoms with E-state index < -0.39 is 0 Å². The lowest BCUT2D eigenvalue weighted by Crippen LogP contribution is -2.49. The predicted molar refractivity (Wildman–Crippen MR) is 129 cm³/mol. The summed E-state index contributed by atoms with van der Waals surface area (Å²) in [5.74, 6) is 1.08. The molecule has 2 unspecified atom stereocenters. The first-order valence-corrected chi connectivity index (χ1v) is 12.2. The highest BCUT2D eigenvalue weighted by atomic mass is 16.5. The van der Waals surface area contributed by atoms with Gasteiger partial charge in [0.2, 0.25) is 0 Å². The maximum atomic E-state index is 13.0. The van der Waals surface area contributed by atoms with Crippen molar-refractivity contribution in [2.75, 3.05) is 26.9 Å². The summed E-state index contributed by atoms with van der Waals surface area (Å²) in [6, 6.07) is 13.9. The van der Waals surface area contributed by atoms with Gasteiger partial charge < -0.3 is 25.0 Å². The summed E-state index contributed by atoms with van der Waals surface area (Å²) in [7, 11) is 1.69. The summed E-state index contributed by atoms with van der Waals surface area (Å²) < 4.78 is 10.9. The lowest BCUT2D eigenvalue weighted by molar-refractivity contribution is -0.00716. The Morgan fingerprint density at radius 3 is 2.50 bits per heavy atom. The summed E-state index contributed by atoms with van der Waals surface area (Å²) in [6.45, 7) is 4.79. The number of methoxy groups -OCH3 is 1. The molecular weight excluding hydrogens is 430 g/mol. The van der Waals surface area contributed by atoms with Gasteiger partial charge in [-0.2, -0.15) is 0 Å². The smallest absolute Gasteiger partial charge is 0.254 e. The largest absolute Gasteiger partial charge is 0.497 e. The minimum atomic E-state index is -0.113. The van der Waals surface area contributed by atoms with Crippen molar-refractivity contribution in [2.45, 2.75) is 50.9 Å². The van der Waals surface area contributed by atoms with E-state index >= 15 is 0 Å². The van der Waals surface area contributed by atoms with Gasteiger partial charge in [-0.25, -0.2) is 0 Å². The fourth-order valence-electron chi connectivity index (χ4n) is 5.42. The number of ether oxygens (including phenoxy) is 2. The van der Waals surface area contributed by atoms with E-state index in [2.05, 4.69) is 29.7 Å². The van der Waals surface area contributed by atoms with Gasteiger partial charge in [0.1, 0.15) is 5.75 Å². The van der Waals surface area contributed by atoms with Crippen molar-refractivity contribution in [1.29, 1.82) is 0 Å². The molecule has 7 nitrogen and oxygen atoms in total. The zero-order chi connectivity index (χ0) is 23.7. The monoisotopic (exact) mass is 463 g/mol. The highest BCUT2D eigenvalue weighted by molar-refractivity contribution is 5.98. The molecule has 2 saturated heterocycles. The molecule has 180 valence electrons. The second-order valence-electron chi connectivity index (χ2n) is 9.73. The van der Waals surface area contributed by atoms with Gasteiger partial charge in [0, 0.05) is 30.3 Å². The first kappa shape index (κ1) is 22.9. The normalized spacial score (nSPS) is 24.3. The zero-order valence-electron chi connectivity index (χ0n) is 19.9. The number of carbonyl (C=O) groups is 2. The van der Waals surface area contributed by atoms with Crippen molar-refractivity contribution in [3.63, 3.8) is 0 Å². The van der Waals surface area contributed by atoms with Crippen LogP contribution < -0.4 is 15.4 Å². The molecule has 2 N–H and O–H groups in total. The summed E-state index contributed by atoms with van der Waals surface area (Å²) >= 11 is 0. The van der Waals surface area contributed by atoms with Crippen molar-refractivity contribution < 1.29 is 19.1 Å². The summed E-state index contributed by atoms with van der Waals surface area (Å²) in [5, 5.41) is 6.66. The van der Waals surface area contributed by atoms with Gasteiger partial charge in [-0.15, -0.1) is 0 Å². The number of hydrogen-bond acceptors (Lipinski definition) is 5. The third kappa shape index (κ3) is 4.55. The van der Waals surface area contributed by atoms with Gasteiger partial charge in [-0.3, -0.25) is 9.59 Å². The van der Waals surface area contributed by atoms with Crippen LogP contribution in [0.3, 0.4) is 0 Å². The van der Waals surface area contributed by atoms with Crippen molar-refractivity contribution in [3.8, 4) is 5.75 Å². The average molecular weight is 464 g/mol. The number of rotatable bonds is 6. The molecule has 34 heavy (non-hydrogen) atoms. The Morgan fingerprint density at radius 1 is 1.09 bits per heavy atom. The molecule has 2 aromatic rings. The molecule has 0 aromatic heterocycles. The Balaban J connectivity index is 1.14. The minimum Gasteiger partial charge on any atom is -0.497 e. The Hall–Kier alpha value is -2.90. The second kappa shape index (κ2) is 9.76. The lowest BCUT2D eigenvalue weighted by atomic mass is 9.89. The van der Waals surface area contributed by atoms with Gasteiger partial charge in [-0.1, -0.05) is 13.0 Å². The summed E-state index contributed by atoms with van der Waals surface area (Å²) in [5.41, 5.74) is 3.80. The maximum Gasteiger partial charge on any atom is 0.254 e. The molecule has 3 aliphatic rings. The second-order valence-corrected chi connectivity index (χ2v) is 9.73. The first-order chi connectivity index (χ1) is 16.5. The number of morpholine rings is 1. The van der Waals surface area contributed by atoms with Gasteiger partial charge in [0.15, 0.2) is 0 Å². The van der Waals surface area contributed by atoms with Crippen LogP contribution in [0.15, 0.2) is 42.5 Å². The zero-order valence-corrected chi connectivity index (χ0v) is 19.9. The van der Waals surface area contributed by atoms with E-state index in [1.54, 1.807) is 31.4 Å². The molecule has 0 spiro atoms. The Kier molecular flexibility index (Phi) is 6.57. The number of nitrogens with one attached hydrogen (secondary N) is 2. The van der Waals surface area contributed by atoms with Crippen LogP contribution in [0.1, 0.15) is 51.6 Å². The van der Waals surface area contributed by atoms with Crippen LogP contribution >= 0.6 is 0 Å². The first-order valence-electron chi connectivity index (χ1n) is 12.2. The van der Waals surface area contributed by atoms with E-state index in [1.165, 1.54) is 11.1 Å². The lowest BCUT2D eigenvalue weighted by Gasteiger charge is -2.34. The van der Waals surface area contributed by atoms with E-state index in [1.807, 2.05) is 11.0 Å². The Morgan fingerprint density at radius 2 is 1.79 bits per heavy atom. The van der Waals surface area contributed by atoms with E-state index in [9.17, 15) is 9.59 Å². The molecule has 3 aliphatic heterocycles. The van der Waals surface area contributed by atoms with Gasteiger partial charge in [-0.05, 0) is 72.7 Å². The van der Waals surface area contributed by atoms with E-state index in [0.29, 0.717) is 36.9 Å². The number of fused-ring (bicyclic) bond motifs is 3. The summed E-state index contributed by atoms with van der Waals surface area (Å²) in [6.07, 6.45) is 2.94. The van der Waals surface area contributed by atoms with E-state index in [-0.39, 0.29) is 29.8 Å². The molecule has 5 rings (SSSR count). The molecule has 0 saturated carbocycles. The van der Waals surface area contributed by atoms with Gasteiger partial charge in [0.25, 0.3) is 11.8 Å². The van der Waals surface area contributed by atoms with Crippen LogP contribution in [0.25, 0.3) is 0 Å². The van der Waals surface area contributed by atoms with E-state index in [4.69, 9.17) is 9.47 Å². The van der Waals surface area contributed by atoms with Crippen LogP contribution in [0.2, 0.25) is 0 Å². The van der Waals surface area contributed by atoms with Gasteiger partial charge >= 0.3 is 0 Å². The van der Waals surface area contributed by atoms with Crippen molar-refractivity contribution in [1.82, 2.24) is 15.5 Å². The van der Waals surface area contributed by atoms with Crippen LogP contribution in [0.4, 0.5) is 0 Å². The minimum absolute atomic E-state index is 0.0395. The highest BCUT2D eigenvalue weighted by Gasteiger charge is 2.40. The SMILES string of the molecule is COc1ccc2c(c1)CN[C@H]([C@H](C)CNC(=O)c1ccc(C(=O)N3C4CCC3COC4)cc1)C2. The van der Waals surface area contributed by atoms with Crippen molar-refractivity contribution >= 4 is 11.8 Å². The standard InChI is InChI=1S/C27H33N3O4/c1-17(25-12-20-7-10-24(33-2)11-21(20)14-28-25)13-29-26(31)18-3-5-19(6-4-18)27(32)30-22-8-9-23(30)16-34-15-22/h3-7,10-11,17,22-23,25,28H,8-9,12-16H2,1-2H3,(H,29,31)/t17-,22?,23?,25+/m1/s1. The van der Waals surface area contributed by atoms with Gasteiger partial charge in [0.05, 0.1) is 32.4 Å². The van der Waals surface area contributed by atoms with Crippen LogP contribution in [0.5, 0.6) is 5.75 Å².